The molecule has 2 unspecified atom stereocenters. The van der Waals surface area contributed by atoms with Crippen LogP contribution in [0, 0.1) is 11.3 Å². The molecule has 1 aromatic rings. The molecular weight excluding hydrogens is 226 g/mol. The fourth-order valence-electron chi connectivity index (χ4n) is 2.15. The number of nitrogens with zero attached hydrogens (tertiary/aromatic N) is 2. The third kappa shape index (κ3) is 3.73. The molecule has 0 aromatic heterocycles. The Morgan fingerprint density at radius 2 is 2.22 bits per heavy atom. The van der Waals surface area contributed by atoms with E-state index >= 15 is 0 Å². The second-order valence-electron chi connectivity index (χ2n) is 4.47. The first-order chi connectivity index (χ1) is 8.60. The van der Waals surface area contributed by atoms with Gasteiger partial charge in [-0.1, -0.05) is 12.1 Å². The average molecular weight is 247 g/mol. The highest BCUT2D eigenvalue weighted by atomic mass is 16.5. The van der Waals surface area contributed by atoms with Crippen molar-refractivity contribution >= 4 is 0 Å². The fourth-order valence-corrected chi connectivity index (χ4v) is 2.15. The van der Waals surface area contributed by atoms with E-state index in [9.17, 15) is 0 Å². The predicted octanol–water partition coefficient (Wildman–Crippen LogP) is 1.93. The van der Waals surface area contributed by atoms with Crippen molar-refractivity contribution in [1.82, 2.24) is 4.90 Å². The lowest BCUT2D eigenvalue weighted by molar-refractivity contribution is 0.223. The van der Waals surface area contributed by atoms with Crippen molar-refractivity contribution in [3.8, 4) is 11.8 Å². The van der Waals surface area contributed by atoms with E-state index in [1.807, 2.05) is 38.2 Å². The van der Waals surface area contributed by atoms with E-state index in [0.717, 1.165) is 11.3 Å². The van der Waals surface area contributed by atoms with Crippen LogP contribution in [0.25, 0.3) is 0 Å². The van der Waals surface area contributed by atoms with Crippen molar-refractivity contribution in [2.45, 2.75) is 25.4 Å². The summed E-state index contributed by atoms with van der Waals surface area (Å²) in [6, 6.07) is 10.1. The van der Waals surface area contributed by atoms with Gasteiger partial charge in [0.15, 0.2) is 0 Å². The number of methoxy groups -OCH3 is 1. The molecule has 0 amide bonds. The number of rotatable bonds is 6. The minimum atomic E-state index is -0.0131. The van der Waals surface area contributed by atoms with Crippen LogP contribution in [0.1, 0.15) is 24.9 Å². The maximum atomic E-state index is 8.66. The lowest BCUT2D eigenvalue weighted by Gasteiger charge is -2.31. The quantitative estimate of drug-likeness (QED) is 0.834. The number of likely N-dealkylation sites (N-methyl/N-ethyl adjacent to an activating group) is 1. The van der Waals surface area contributed by atoms with E-state index in [2.05, 4.69) is 11.0 Å². The molecule has 0 aliphatic rings. The number of benzene rings is 1. The molecule has 0 saturated heterocycles. The summed E-state index contributed by atoms with van der Waals surface area (Å²) >= 11 is 0. The molecule has 1 aromatic carbocycles. The molecule has 2 atom stereocenters. The average Bonchev–Trinajstić information content (AvgIpc) is 2.36. The molecule has 0 spiro atoms. The van der Waals surface area contributed by atoms with Crippen LogP contribution in [0.2, 0.25) is 0 Å². The molecular formula is C14H21N3O. The number of nitriles is 1. The Kier molecular flexibility index (Phi) is 5.63. The molecule has 4 heteroatoms. The van der Waals surface area contributed by atoms with E-state index in [1.165, 1.54) is 0 Å². The van der Waals surface area contributed by atoms with Gasteiger partial charge in [-0.15, -0.1) is 0 Å². The van der Waals surface area contributed by atoms with Crippen molar-refractivity contribution in [3.05, 3.63) is 29.8 Å². The second-order valence-corrected chi connectivity index (χ2v) is 4.47. The Bertz CT molecular complexity index is 412. The van der Waals surface area contributed by atoms with Gasteiger partial charge in [-0.25, -0.2) is 0 Å². The predicted molar refractivity (Wildman–Crippen MR) is 72.2 cm³/mol. The Balaban J connectivity index is 2.93. The van der Waals surface area contributed by atoms with Crippen LogP contribution in [0.15, 0.2) is 24.3 Å². The van der Waals surface area contributed by atoms with Gasteiger partial charge in [-0.2, -0.15) is 5.26 Å². The number of hydrogen-bond donors (Lipinski definition) is 1. The largest absolute Gasteiger partial charge is 0.497 e. The fraction of sp³-hybridized carbons (Fsp3) is 0.500. The zero-order chi connectivity index (χ0) is 13.5. The standard InChI is InChI=1S/C14H21N3O/c1-11(16)14(17(2)9-5-8-15)12-6-4-7-13(10-12)18-3/h4,6-7,10-11,14H,5,9,16H2,1-3H3. The third-order valence-corrected chi connectivity index (χ3v) is 2.98. The topological polar surface area (TPSA) is 62.3 Å². The minimum absolute atomic E-state index is 0.0131. The first kappa shape index (κ1) is 14.5. The Labute approximate surface area is 109 Å². The van der Waals surface area contributed by atoms with Gasteiger partial charge in [0.2, 0.25) is 0 Å². The summed E-state index contributed by atoms with van der Waals surface area (Å²) in [5.41, 5.74) is 7.18. The minimum Gasteiger partial charge on any atom is -0.497 e. The van der Waals surface area contributed by atoms with Crippen molar-refractivity contribution in [3.63, 3.8) is 0 Å². The van der Waals surface area contributed by atoms with Gasteiger partial charge in [0.05, 0.1) is 13.2 Å². The smallest absolute Gasteiger partial charge is 0.119 e. The van der Waals surface area contributed by atoms with E-state index < -0.39 is 0 Å². The van der Waals surface area contributed by atoms with Crippen molar-refractivity contribution in [1.29, 1.82) is 5.26 Å². The molecule has 0 aliphatic heterocycles. The lowest BCUT2D eigenvalue weighted by Crippen LogP contribution is -2.37. The van der Waals surface area contributed by atoms with Crippen LogP contribution in [0.4, 0.5) is 0 Å². The van der Waals surface area contributed by atoms with Gasteiger partial charge in [0.25, 0.3) is 0 Å². The van der Waals surface area contributed by atoms with Gasteiger partial charge in [0.1, 0.15) is 5.75 Å². The Morgan fingerprint density at radius 3 is 2.78 bits per heavy atom. The lowest BCUT2D eigenvalue weighted by atomic mass is 9.99. The van der Waals surface area contributed by atoms with E-state index in [1.54, 1.807) is 7.11 Å². The molecule has 18 heavy (non-hydrogen) atoms. The van der Waals surface area contributed by atoms with Crippen LogP contribution in [0.3, 0.4) is 0 Å². The highest BCUT2D eigenvalue weighted by molar-refractivity contribution is 5.31. The van der Waals surface area contributed by atoms with Crippen LogP contribution in [0.5, 0.6) is 5.75 Å². The number of ether oxygens (including phenoxy) is 1. The van der Waals surface area contributed by atoms with Crippen molar-refractivity contribution < 1.29 is 4.74 Å². The summed E-state index contributed by atoms with van der Waals surface area (Å²) < 4.78 is 5.23. The molecule has 0 fully saturated rings. The maximum absolute atomic E-state index is 8.66. The molecule has 1 rings (SSSR count). The van der Waals surface area contributed by atoms with Gasteiger partial charge in [0, 0.05) is 25.0 Å². The van der Waals surface area contributed by atoms with Gasteiger partial charge >= 0.3 is 0 Å². The van der Waals surface area contributed by atoms with Crippen molar-refractivity contribution in [2.75, 3.05) is 20.7 Å². The molecule has 4 nitrogen and oxygen atoms in total. The molecule has 0 heterocycles. The summed E-state index contributed by atoms with van der Waals surface area (Å²) in [5, 5.41) is 8.66. The molecule has 2 N–H and O–H groups in total. The first-order valence-corrected chi connectivity index (χ1v) is 6.07. The summed E-state index contributed by atoms with van der Waals surface area (Å²) in [5.74, 6) is 0.826. The summed E-state index contributed by atoms with van der Waals surface area (Å²) in [7, 11) is 3.64. The Hall–Kier alpha value is -1.57. The monoisotopic (exact) mass is 247 g/mol. The third-order valence-electron chi connectivity index (χ3n) is 2.98. The van der Waals surface area contributed by atoms with E-state index in [0.29, 0.717) is 13.0 Å². The van der Waals surface area contributed by atoms with Crippen LogP contribution < -0.4 is 10.5 Å². The van der Waals surface area contributed by atoms with E-state index in [-0.39, 0.29) is 12.1 Å². The van der Waals surface area contributed by atoms with Gasteiger partial charge in [-0.3, -0.25) is 4.90 Å². The normalized spacial score (nSPS) is 14.0. The zero-order valence-corrected chi connectivity index (χ0v) is 11.3. The van der Waals surface area contributed by atoms with Gasteiger partial charge in [-0.05, 0) is 31.7 Å². The molecule has 0 radical (unpaired) electrons. The van der Waals surface area contributed by atoms with Crippen LogP contribution >= 0.6 is 0 Å². The van der Waals surface area contributed by atoms with Crippen molar-refractivity contribution in [2.24, 2.45) is 5.73 Å². The SMILES string of the molecule is COc1cccc(C(C(C)N)N(C)CCC#N)c1. The molecule has 0 saturated carbocycles. The molecule has 98 valence electrons. The second kappa shape index (κ2) is 7.00. The number of hydrogen-bond acceptors (Lipinski definition) is 4. The Morgan fingerprint density at radius 1 is 1.50 bits per heavy atom. The van der Waals surface area contributed by atoms with E-state index in [4.69, 9.17) is 15.7 Å². The molecule has 0 aliphatic carbocycles. The summed E-state index contributed by atoms with van der Waals surface area (Å²) in [6.07, 6.45) is 0.504. The highest BCUT2D eigenvalue weighted by Gasteiger charge is 2.21. The zero-order valence-electron chi connectivity index (χ0n) is 11.3. The van der Waals surface area contributed by atoms with Crippen LogP contribution in [-0.2, 0) is 0 Å². The summed E-state index contributed by atoms with van der Waals surface area (Å²) in [6.45, 7) is 2.69. The number of nitrogens with two attached hydrogens (primary N) is 1. The van der Waals surface area contributed by atoms with Crippen LogP contribution in [-0.4, -0.2) is 31.6 Å². The summed E-state index contributed by atoms with van der Waals surface area (Å²) in [4.78, 5) is 2.11. The first-order valence-electron chi connectivity index (χ1n) is 6.07. The maximum Gasteiger partial charge on any atom is 0.119 e. The highest BCUT2D eigenvalue weighted by Crippen LogP contribution is 2.25. The van der Waals surface area contributed by atoms with Gasteiger partial charge < -0.3 is 10.5 Å². The molecule has 0 bridgehead atoms.